The summed E-state index contributed by atoms with van der Waals surface area (Å²) < 4.78 is 21.1. The topological polar surface area (TPSA) is 100 Å². The van der Waals surface area contributed by atoms with Crippen LogP contribution < -0.4 is 15.2 Å². The molecule has 2 N–H and O–H groups in total. The molecule has 0 spiro atoms. The predicted molar refractivity (Wildman–Crippen MR) is 103 cm³/mol. The van der Waals surface area contributed by atoms with Crippen molar-refractivity contribution in [2.45, 2.75) is 59.4 Å². The molecular formula is C20H30N2O6. The molecule has 0 saturated heterocycles. The van der Waals surface area contributed by atoms with Crippen LogP contribution >= 0.6 is 0 Å². The zero-order chi connectivity index (χ0) is 20.8. The Labute approximate surface area is 165 Å². The van der Waals surface area contributed by atoms with E-state index in [-0.39, 0.29) is 18.8 Å². The third-order valence-electron chi connectivity index (χ3n) is 4.61. The first-order valence-electron chi connectivity index (χ1n) is 9.54. The molecule has 2 rings (SSSR count). The van der Waals surface area contributed by atoms with Gasteiger partial charge in [0.05, 0.1) is 0 Å². The number of nitrogens with two attached hydrogens (primary N) is 1. The molecule has 1 heterocycles. The molecule has 2 unspecified atom stereocenters. The molecule has 1 aromatic carbocycles. The van der Waals surface area contributed by atoms with Gasteiger partial charge < -0.3 is 29.6 Å². The zero-order valence-corrected chi connectivity index (χ0v) is 17.1. The summed E-state index contributed by atoms with van der Waals surface area (Å²) in [7, 11) is 0. The number of ether oxygens (including phenoxy) is 4. The Morgan fingerprint density at radius 3 is 2.46 bits per heavy atom. The van der Waals surface area contributed by atoms with Crippen LogP contribution in [0.4, 0.5) is 4.79 Å². The standard InChI is InChI=1S/C20H30N2O6/c1-6-22(20(24)28-14(5)27-19(23)18(21)12(2)3)13(4)9-15-7-8-16-17(10-15)26-11-25-16/h7-8,10,12-14,18H,6,9,11,21H2,1-5H3/t13?,14?,18-/m0/s1. The van der Waals surface area contributed by atoms with Crippen molar-refractivity contribution in [2.24, 2.45) is 11.7 Å². The molecule has 3 atom stereocenters. The van der Waals surface area contributed by atoms with Crippen molar-refractivity contribution in [1.29, 1.82) is 0 Å². The normalized spacial score (nSPS) is 15.7. The van der Waals surface area contributed by atoms with Gasteiger partial charge >= 0.3 is 12.1 Å². The van der Waals surface area contributed by atoms with Gasteiger partial charge in [-0.1, -0.05) is 19.9 Å². The number of benzene rings is 1. The third kappa shape index (κ3) is 5.51. The van der Waals surface area contributed by atoms with E-state index in [1.54, 1.807) is 4.90 Å². The van der Waals surface area contributed by atoms with Gasteiger partial charge in [0, 0.05) is 19.5 Å². The quantitative estimate of drug-likeness (QED) is 0.534. The fourth-order valence-corrected chi connectivity index (χ4v) is 2.89. The molecule has 0 radical (unpaired) electrons. The summed E-state index contributed by atoms with van der Waals surface area (Å²) in [5.74, 6) is 0.770. The van der Waals surface area contributed by atoms with Gasteiger partial charge in [-0.15, -0.1) is 0 Å². The number of nitrogens with zero attached hydrogens (tertiary/aromatic N) is 1. The van der Waals surface area contributed by atoms with Crippen molar-refractivity contribution < 1.29 is 28.5 Å². The van der Waals surface area contributed by atoms with Crippen molar-refractivity contribution >= 4 is 12.1 Å². The molecule has 0 saturated carbocycles. The largest absolute Gasteiger partial charge is 0.454 e. The number of carbonyl (C=O) groups excluding carboxylic acids is 2. The van der Waals surface area contributed by atoms with Gasteiger partial charge in [-0.3, -0.25) is 4.79 Å². The number of amides is 1. The van der Waals surface area contributed by atoms with Gasteiger partial charge in [0.1, 0.15) is 6.04 Å². The van der Waals surface area contributed by atoms with Crippen LogP contribution in [0.15, 0.2) is 18.2 Å². The van der Waals surface area contributed by atoms with Crippen LogP contribution in [0.25, 0.3) is 0 Å². The van der Waals surface area contributed by atoms with Crippen molar-refractivity contribution in [2.75, 3.05) is 13.3 Å². The maximum atomic E-state index is 12.5. The second-order valence-corrected chi connectivity index (χ2v) is 7.18. The Morgan fingerprint density at radius 2 is 1.82 bits per heavy atom. The first kappa shape index (κ1) is 21.8. The Morgan fingerprint density at radius 1 is 1.14 bits per heavy atom. The van der Waals surface area contributed by atoms with E-state index in [4.69, 9.17) is 24.7 Å². The molecule has 8 heteroatoms. The predicted octanol–water partition coefficient (Wildman–Crippen LogP) is 2.68. The molecule has 0 bridgehead atoms. The number of fused-ring (bicyclic) bond motifs is 1. The molecule has 0 fully saturated rings. The summed E-state index contributed by atoms with van der Waals surface area (Å²) in [5.41, 5.74) is 6.77. The molecular weight excluding hydrogens is 364 g/mol. The minimum atomic E-state index is -1.02. The lowest BCUT2D eigenvalue weighted by molar-refractivity contribution is -0.168. The van der Waals surface area contributed by atoms with Crippen LogP contribution in [0.5, 0.6) is 11.5 Å². The van der Waals surface area contributed by atoms with E-state index in [9.17, 15) is 9.59 Å². The number of hydrogen-bond acceptors (Lipinski definition) is 7. The lowest BCUT2D eigenvalue weighted by Crippen LogP contribution is -2.43. The highest BCUT2D eigenvalue weighted by Gasteiger charge is 2.26. The Balaban J connectivity index is 1.91. The molecule has 1 aliphatic heterocycles. The van der Waals surface area contributed by atoms with Crippen molar-refractivity contribution in [3.05, 3.63) is 23.8 Å². The van der Waals surface area contributed by atoms with E-state index in [1.807, 2.05) is 45.9 Å². The number of hydrogen-bond donors (Lipinski definition) is 1. The smallest absolute Gasteiger partial charge is 0.413 e. The summed E-state index contributed by atoms with van der Waals surface area (Å²) in [6.07, 6.45) is -0.947. The molecule has 8 nitrogen and oxygen atoms in total. The van der Waals surface area contributed by atoms with Gasteiger partial charge in [0.25, 0.3) is 0 Å². The van der Waals surface area contributed by atoms with E-state index in [0.717, 1.165) is 11.3 Å². The molecule has 156 valence electrons. The fraction of sp³-hybridized carbons (Fsp3) is 0.600. The second kappa shape index (κ2) is 9.64. The zero-order valence-electron chi connectivity index (χ0n) is 17.1. The maximum absolute atomic E-state index is 12.5. The fourth-order valence-electron chi connectivity index (χ4n) is 2.89. The highest BCUT2D eigenvalue weighted by atomic mass is 16.7. The van der Waals surface area contributed by atoms with Crippen molar-refractivity contribution in [1.82, 2.24) is 4.90 Å². The minimum Gasteiger partial charge on any atom is -0.454 e. The number of carbonyl (C=O) groups is 2. The molecule has 28 heavy (non-hydrogen) atoms. The van der Waals surface area contributed by atoms with E-state index >= 15 is 0 Å². The average molecular weight is 394 g/mol. The summed E-state index contributed by atoms with van der Waals surface area (Å²) in [5, 5.41) is 0. The third-order valence-corrected chi connectivity index (χ3v) is 4.61. The van der Waals surface area contributed by atoms with Gasteiger partial charge in [-0.25, -0.2) is 4.79 Å². The van der Waals surface area contributed by atoms with Gasteiger partial charge in [0.15, 0.2) is 11.5 Å². The number of rotatable bonds is 8. The van der Waals surface area contributed by atoms with E-state index in [0.29, 0.717) is 18.7 Å². The van der Waals surface area contributed by atoms with Gasteiger partial charge in [-0.2, -0.15) is 0 Å². The highest BCUT2D eigenvalue weighted by molar-refractivity contribution is 5.76. The second-order valence-electron chi connectivity index (χ2n) is 7.18. The van der Waals surface area contributed by atoms with Gasteiger partial charge in [0.2, 0.25) is 13.1 Å². The number of esters is 1. The van der Waals surface area contributed by atoms with Crippen molar-refractivity contribution in [3.8, 4) is 11.5 Å². The summed E-state index contributed by atoms with van der Waals surface area (Å²) in [6, 6.07) is 4.83. The summed E-state index contributed by atoms with van der Waals surface area (Å²) in [4.78, 5) is 26.0. The van der Waals surface area contributed by atoms with Crippen LogP contribution in [0.3, 0.4) is 0 Å². The molecule has 0 aliphatic carbocycles. The SMILES string of the molecule is CCN(C(=O)OC(C)OC(=O)[C@@H](N)C(C)C)C(C)Cc1ccc2c(c1)OCO2. The van der Waals surface area contributed by atoms with Crippen LogP contribution in [0.1, 0.15) is 40.2 Å². The van der Waals surface area contributed by atoms with E-state index < -0.39 is 24.4 Å². The molecule has 0 aromatic heterocycles. The Bertz CT molecular complexity index is 693. The van der Waals surface area contributed by atoms with Crippen LogP contribution in [0.2, 0.25) is 0 Å². The first-order chi connectivity index (χ1) is 13.2. The Kier molecular flexibility index (Phi) is 7.51. The molecule has 1 amide bonds. The monoisotopic (exact) mass is 394 g/mol. The average Bonchev–Trinajstić information content (AvgIpc) is 3.08. The van der Waals surface area contributed by atoms with E-state index in [1.165, 1.54) is 6.92 Å². The van der Waals surface area contributed by atoms with Crippen LogP contribution in [0, 0.1) is 5.92 Å². The van der Waals surface area contributed by atoms with Crippen LogP contribution in [-0.4, -0.2) is 48.7 Å². The minimum absolute atomic E-state index is 0.0655. The van der Waals surface area contributed by atoms with Crippen molar-refractivity contribution in [3.63, 3.8) is 0 Å². The Hall–Kier alpha value is -2.48. The maximum Gasteiger partial charge on any atom is 0.413 e. The van der Waals surface area contributed by atoms with E-state index in [2.05, 4.69) is 0 Å². The lowest BCUT2D eigenvalue weighted by Gasteiger charge is -2.29. The molecule has 1 aromatic rings. The van der Waals surface area contributed by atoms with Gasteiger partial charge in [-0.05, 0) is 43.9 Å². The van der Waals surface area contributed by atoms with Crippen LogP contribution in [-0.2, 0) is 20.7 Å². The molecule has 1 aliphatic rings. The summed E-state index contributed by atoms with van der Waals surface area (Å²) in [6.45, 7) is 9.61. The number of likely N-dealkylation sites (N-methyl/N-ethyl adjacent to an activating group) is 1. The summed E-state index contributed by atoms with van der Waals surface area (Å²) >= 11 is 0. The highest BCUT2D eigenvalue weighted by Crippen LogP contribution is 2.33. The lowest BCUT2D eigenvalue weighted by atomic mass is 10.1. The first-order valence-corrected chi connectivity index (χ1v) is 9.54.